The highest BCUT2D eigenvalue weighted by atomic mass is 16.5. The van der Waals surface area contributed by atoms with Gasteiger partial charge in [-0.15, -0.1) is 0 Å². The fourth-order valence-corrected chi connectivity index (χ4v) is 0.957. The lowest BCUT2D eigenvalue weighted by Crippen LogP contribution is -2.13. The molecule has 0 fully saturated rings. The average molecular weight is 189 g/mol. The molecule has 0 aromatic carbocycles. The molecule has 79 valence electrons. The van der Waals surface area contributed by atoms with E-state index < -0.39 is 0 Å². The number of hydrogen-bond acceptors (Lipinski definition) is 3. The molecule has 3 heteroatoms. The van der Waals surface area contributed by atoms with E-state index in [-0.39, 0.29) is 6.10 Å². The van der Waals surface area contributed by atoms with Gasteiger partial charge in [-0.1, -0.05) is 0 Å². The quantitative estimate of drug-likeness (QED) is 0.516. The van der Waals surface area contributed by atoms with Gasteiger partial charge in [-0.3, -0.25) is 0 Å². The minimum atomic E-state index is 0.0654. The summed E-state index contributed by atoms with van der Waals surface area (Å²) in [7, 11) is 1.70. The van der Waals surface area contributed by atoms with Gasteiger partial charge in [-0.2, -0.15) is 0 Å². The molecule has 1 atom stereocenters. The Kier molecular flexibility index (Phi) is 9.87. The average Bonchev–Trinajstić information content (AvgIpc) is 2.13. The number of methoxy groups -OCH3 is 1. The minimum absolute atomic E-state index is 0.0654. The molecular weight excluding hydrogens is 168 g/mol. The maximum absolute atomic E-state index is 5.40. The second kappa shape index (κ2) is 9.96. The van der Waals surface area contributed by atoms with Crippen molar-refractivity contribution in [3.63, 3.8) is 0 Å². The molecule has 13 heavy (non-hydrogen) atoms. The first-order valence-electron chi connectivity index (χ1n) is 4.82. The lowest BCUT2D eigenvalue weighted by atomic mass is 10.2. The van der Waals surface area contributed by atoms with Gasteiger partial charge in [0.25, 0.3) is 0 Å². The topological polar surface area (TPSA) is 27.7 Å². The smallest absolute Gasteiger partial charge is 0.0704 e. The monoisotopic (exact) mass is 189 g/mol. The van der Waals surface area contributed by atoms with Gasteiger partial charge in [0.1, 0.15) is 0 Å². The van der Waals surface area contributed by atoms with Crippen LogP contribution in [-0.2, 0) is 14.2 Å². The van der Waals surface area contributed by atoms with Crippen LogP contribution in [-0.4, -0.2) is 39.6 Å². The maximum atomic E-state index is 5.40. The van der Waals surface area contributed by atoms with Gasteiger partial charge in [0, 0.05) is 20.3 Å². The van der Waals surface area contributed by atoms with Crippen molar-refractivity contribution in [2.24, 2.45) is 0 Å². The Labute approximate surface area is 81.4 Å². The largest absolute Gasteiger partial charge is 0.385 e. The van der Waals surface area contributed by atoms with Gasteiger partial charge < -0.3 is 14.2 Å². The Bertz CT molecular complexity index is 96.2. The van der Waals surface area contributed by atoms with Crippen LogP contribution in [0.1, 0.15) is 19.8 Å². The SMILES string of the molecule is [CH2]C(CCCOC)OCCOCC. The second-order valence-electron chi connectivity index (χ2n) is 2.82. The van der Waals surface area contributed by atoms with Crippen molar-refractivity contribution >= 4 is 0 Å². The van der Waals surface area contributed by atoms with Crippen molar-refractivity contribution in [3.05, 3.63) is 6.92 Å². The predicted molar refractivity (Wildman–Crippen MR) is 52.7 cm³/mol. The summed E-state index contributed by atoms with van der Waals surface area (Å²) in [5, 5.41) is 0. The van der Waals surface area contributed by atoms with Crippen LogP contribution in [0.15, 0.2) is 0 Å². The maximum Gasteiger partial charge on any atom is 0.0704 e. The number of hydrogen-bond donors (Lipinski definition) is 0. The van der Waals surface area contributed by atoms with Crippen molar-refractivity contribution in [2.75, 3.05) is 33.5 Å². The first-order valence-corrected chi connectivity index (χ1v) is 4.82. The second-order valence-corrected chi connectivity index (χ2v) is 2.82. The van der Waals surface area contributed by atoms with Gasteiger partial charge in [-0.05, 0) is 26.7 Å². The Morgan fingerprint density at radius 3 is 2.62 bits per heavy atom. The zero-order valence-electron chi connectivity index (χ0n) is 8.75. The molecule has 3 nitrogen and oxygen atoms in total. The summed E-state index contributed by atoms with van der Waals surface area (Å²) in [5.41, 5.74) is 0. The van der Waals surface area contributed by atoms with Crippen molar-refractivity contribution in [2.45, 2.75) is 25.9 Å². The van der Waals surface area contributed by atoms with E-state index >= 15 is 0 Å². The van der Waals surface area contributed by atoms with Crippen LogP contribution >= 0.6 is 0 Å². The number of ether oxygens (including phenoxy) is 3. The molecule has 0 saturated heterocycles. The van der Waals surface area contributed by atoms with Gasteiger partial charge in [0.15, 0.2) is 0 Å². The Morgan fingerprint density at radius 2 is 2.00 bits per heavy atom. The third kappa shape index (κ3) is 9.80. The molecule has 0 aliphatic heterocycles. The van der Waals surface area contributed by atoms with Crippen molar-refractivity contribution in [1.29, 1.82) is 0 Å². The van der Waals surface area contributed by atoms with E-state index in [1.54, 1.807) is 7.11 Å². The highest BCUT2D eigenvalue weighted by molar-refractivity contribution is 4.59. The van der Waals surface area contributed by atoms with Crippen LogP contribution in [0.3, 0.4) is 0 Å². The van der Waals surface area contributed by atoms with Crippen LogP contribution in [0.25, 0.3) is 0 Å². The molecule has 0 aromatic rings. The molecule has 0 aliphatic carbocycles. The Morgan fingerprint density at radius 1 is 1.23 bits per heavy atom. The summed E-state index contributed by atoms with van der Waals surface area (Å²) in [6.07, 6.45) is 2.01. The van der Waals surface area contributed by atoms with Crippen molar-refractivity contribution in [1.82, 2.24) is 0 Å². The lowest BCUT2D eigenvalue weighted by Gasteiger charge is -2.12. The van der Waals surface area contributed by atoms with E-state index in [9.17, 15) is 0 Å². The summed E-state index contributed by atoms with van der Waals surface area (Å²) in [6, 6.07) is 0. The Balaban J connectivity index is 3.05. The van der Waals surface area contributed by atoms with E-state index in [1.165, 1.54) is 0 Å². The fraction of sp³-hybridized carbons (Fsp3) is 0.900. The summed E-state index contributed by atoms with van der Waals surface area (Å²) >= 11 is 0. The van der Waals surface area contributed by atoms with Crippen LogP contribution < -0.4 is 0 Å². The third-order valence-corrected chi connectivity index (χ3v) is 1.66. The van der Waals surface area contributed by atoms with Gasteiger partial charge in [0.05, 0.1) is 19.3 Å². The van der Waals surface area contributed by atoms with Gasteiger partial charge in [0.2, 0.25) is 0 Å². The first kappa shape index (κ1) is 12.9. The first-order chi connectivity index (χ1) is 6.31. The van der Waals surface area contributed by atoms with Gasteiger partial charge >= 0.3 is 0 Å². The molecule has 0 aromatic heterocycles. The Hall–Kier alpha value is -0.120. The van der Waals surface area contributed by atoms with E-state index in [0.717, 1.165) is 26.1 Å². The number of rotatable bonds is 9. The molecule has 0 saturated carbocycles. The molecule has 0 bridgehead atoms. The zero-order valence-corrected chi connectivity index (χ0v) is 8.75. The standard InChI is InChI=1S/C10H21O3/c1-4-12-8-9-13-10(2)6-5-7-11-3/h10H,2,4-9H2,1,3H3. The molecule has 0 heterocycles. The molecule has 0 spiro atoms. The molecular formula is C10H21O3. The molecule has 1 radical (unpaired) electrons. The van der Waals surface area contributed by atoms with E-state index in [4.69, 9.17) is 14.2 Å². The van der Waals surface area contributed by atoms with E-state index in [1.807, 2.05) is 6.92 Å². The summed E-state index contributed by atoms with van der Waals surface area (Å²) in [6.45, 7) is 8.66. The van der Waals surface area contributed by atoms with Crippen LogP contribution in [0, 0.1) is 6.92 Å². The summed E-state index contributed by atoms with van der Waals surface area (Å²) in [4.78, 5) is 0. The molecule has 1 unspecified atom stereocenters. The molecule has 0 aliphatic rings. The summed E-state index contributed by atoms with van der Waals surface area (Å²) < 4.78 is 15.5. The van der Waals surface area contributed by atoms with Crippen LogP contribution in [0.5, 0.6) is 0 Å². The van der Waals surface area contributed by atoms with Gasteiger partial charge in [-0.25, -0.2) is 0 Å². The third-order valence-electron chi connectivity index (χ3n) is 1.66. The van der Waals surface area contributed by atoms with Crippen molar-refractivity contribution < 1.29 is 14.2 Å². The lowest BCUT2D eigenvalue weighted by molar-refractivity contribution is 0.0196. The predicted octanol–water partition coefficient (Wildman–Crippen LogP) is 1.67. The van der Waals surface area contributed by atoms with E-state index in [2.05, 4.69) is 6.92 Å². The highest BCUT2D eigenvalue weighted by Gasteiger charge is 2.00. The summed E-state index contributed by atoms with van der Waals surface area (Å²) in [5.74, 6) is 0. The zero-order chi connectivity index (χ0) is 9.94. The van der Waals surface area contributed by atoms with Crippen LogP contribution in [0.2, 0.25) is 0 Å². The van der Waals surface area contributed by atoms with E-state index in [0.29, 0.717) is 13.2 Å². The minimum Gasteiger partial charge on any atom is -0.385 e. The molecule has 0 N–H and O–H groups in total. The highest BCUT2D eigenvalue weighted by Crippen LogP contribution is 2.00. The fourth-order valence-electron chi connectivity index (χ4n) is 0.957. The molecule has 0 amide bonds. The normalized spacial score (nSPS) is 13.2. The molecule has 0 rings (SSSR count). The van der Waals surface area contributed by atoms with Crippen LogP contribution in [0.4, 0.5) is 0 Å². The van der Waals surface area contributed by atoms with Crippen molar-refractivity contribution in [3.8, 4) is 0 Å².